The van der Waals surface area contributed by atoms with E-state index in [-0.39, 0.29) is 11.6 Å². The Morgan fingerprint density at radius 3 is 2.45 bits per heavy atom. The SMILES string of the molecule is CCC(Sc1cccc(NC(=O)/C(=C\c2cccc(C)c2)NC(=O)c2ccccc2)c1)C(=O)Nc1nc(-c2ccccc2OC)cs1. The van der Waals surface area contributed by atoms with Gasteiger partial charge in [-0.2, -0.15) is 0 Å². The zero-order valence-electron chi connectivity index (χ0n) is 26.2. The molecule has 0 aliphatic rings. The molecule has 0 aliphatic carbocycles. The molecule has 4 aromatic carbocycles. The molecule has 3 amide bonds. The van der Waals surface area contributed by atoms with Gasteiger partial charge in [0.05, 0.1) is 18.1 Å². The van der Waals surface area contributed by atoms with Crippen LogP contribution in [0.15, 0.2) is 119 Å². The number of nitrogens with zero attached hydrogens (tertiary/aromatic N) is 1. The van der Waals surface area contributed by atoms with Gasteiger partial charge >= 0.3 is 0 Å². The predicted octanol–water partition coefficient (Wildman–Crippen LogP) is 8.05. The van der Waals surface area contributed by atoms with E-state index in [1.807, 2.05) is 92.0 Å². The minimum Gasteiger partial charge on any atom is -0.496 e. The summed E-state index contributed by atoms with van der Waals surface area (Å²) in [6.07, 6.45) is 2.23. The monoisotopic (exact) mass is 662 g/mol. The van der Waals surface area contributed by atoms with Crippen molar-refractivity contribution in [1.29, 1.82) is 0 Å². The molecule has 1 heterocycles. The molecule has 47 heavy (non-hydrogen) atoms. The highest BCUT2D eigenvalue weighted by Gasteiger charge is 2.21. The lowest BCUT2D eigenvalue weighted by atomic mass is 10.1. The lowest BCUT2D eigenvalue weighted by molar-refractivity contribution is -0.116. The van der Waals surface area contributed by atoms with Crippen LogP contribution in [-0.4, -0.2) is 35.1 Å². The Labute approximate surface area is 282 Å². The van der Waals surface area contributed by atoms with E-state index in [1.54, 1.807) is 43.5 Å². The molecule has 1 atom stereocenters. The third-order valence-corrected chi connectivity index (χ3v) is 9.15. The summed E-state index contributed by atoms with van der Waals surface area (Å²) in [5, 5.41) is 10.6. The molecule has 5 rings (SSSR count). The van der Waals surface area contributed by atoms with E-state index >= 15 is 0 Å². The maximum atomic E-state index is 13.5. The van der Waals surface area contributed by atoms with Crippen molar-refractivity contribution in [1.82, 2.24) is 10.3 Å². The van der Waals surface area contributed by atoms with Gasteiger partial charge in [-0.15, -0.1) is 23.1 Å². The van der Waals surface area contributed by atoms with Gasteiger partial charge in [0.25, 0.3) is 11.8 Å². The van der Waals surface area contributed by atoms with E-state index in [9.17, 15) is 14.4 Å². The maximum absolute atomic E-state index is 13.5. The van der Waals surface area contributed by atoms with Crippen LogP contribution in [0.1, 0.15) is 34.8 Å². The van der Waals surface area contributed by atoms with Crippen LogP contribution < -0.4 is 20.7 Å². The fourth-order valence-electron chi connectivity index (χ4n) is 4.70. The molecule has 0 aliphatic heterocycles. The highest BCUT2D eigenvalue weighted by molar-refractivity contribution is 8.00. The van der Waals surface area contributed by atoms with Crippen molar-refractivity contribution in [3.63, 3.8) is 0 Å². The number of thiazole rings is 1. The topological polar surface area (TPSA) is 109 Å². The number of hydrogen-bond donors (Lipinski definition) is 3. The minimum absolute atomic E-state index is 0.101. The van der Waals surface area contributed by atoms with Gasteiger partial charge in [-0.3, -0.25) is 14.4 Å². The number of nitrogens with one attached hydrogen (secondary N) is 3. The van der Waals surface area contributed by atoms with E-state index in [0.29, 0.717) is 28.6 Å². The van der Waals surface area contributed by atoms with E-state index < -0.39 is 17.1 Å². The molecule has 0 saturated carbocycles. The van der Waals surface area contributed by atoms with E-state index in [2.05, 4.69) is 20.9 Å². The predicted molar refractivity (Wildman–Crippen MR) is 191 cm³/mol. The largest absolute Gasteiger partial charge is 0.496 e. The molecule has 3 N–H and O–H groups in total. The summed E-state index contributed by atoms with van der Waals surface area (Å²) in [6.45, 7) is 3.91. The number of carbonyl (C=O) groups is 3. The third kappa shape index (κ3) is 8.96. The van der Waals surface area contributed by atoms with Gasteiger partial charge in [0, 0.05) is 27.1 Å². The van der Waals surface area contributed by atoms with E-state index in [0.717, 1.165) is 27.3 Å². The Morgan fingerprint density at radius 2 is 1.68 bits per heavy atom. The number of ether oxygens (including phenoxy) is 1. The second kappa shape index (κ2) is 15.9. The van der Waals surface area contributed by atoms with Gasteiger partial charge in [0.2, 0.25) is 5.91 Å². The lowest BCUT2D eigenvalue weighted by Crippen LogP contribution is -2.30. The van der Waals surface area contributed by atoms with Gasteiger partial charge in [-0.05, 0) is 67.4 Å². The Bertz CT molecular complexity index is 1910. The van der Waals surface area contributed by atoms with Gasteiger partial charge < -0.3 is 20.7 Å². The second-order valence-corrected chi connectivity index (χ2v) is 12.7. The summed E-state index contributed by atoms with van der Waals surface area (Å²) < 4.78 is 5.45. The fraction of sp³-hybridized carbons (Fsp3) is 0.135. The fourth-order valence-corrected chi connectivity index (χ4v) is 6.42. The van der Waals surface area contributed by atoms with Gasteiger partial charge in [-0.1, -0.05) is 73.2 Å². The van der Waals surface area contributed by atoms with Gasteiger partial charge in [-0.25, -0.2) is 4.98 Å². The number of benzene rings is 4. The quantitative estimate of drug-likeness (QED) is 0.0922. The molecule has 0 fully saturated rings. The molecule has 238 valence electrons. The number of amides is 3. The average Bonchev–Trinajstić information content (AvgIpc) is 3.55. The van der Waals surface area contributed by atoms with Crippen molar-refractivity contribution in [2.75, 3.05) is 17.7 Å². The van der Waals surface area contributed by atoms with Crippen molar-refractivity contribution in [2.45, 2.75) is 30.4 Å². The number of hydrogen-bond acceptors (Lipinski definition) is 7. The van der Waals surface area contributed by atoms with Crippen molar-refractivity contribution >= 4 is 57.7 Å². The van der Waals surface area contributed by atoms with Gasteiger partial charge in [0.15, 0.2) is 5.13 Å². The highest BCUT2D eigenvalue weighted by atomic mass is 32.2. The number of para-hydroxylation sites is 1. The Morgan fingerprint density at radius 1 is 0.915 bits per heavy atom. The molecule has 1 unspecified atom stereocenters. The molecule has 8 nitrogen and oxygen atoms in total. The third-order valence-electron chi connectivity index (χ3n) is 7.03. The van der Waals surface area contributed by atoms with Crippen LogP contribution in [0, 0.1) is 6.92 Å². The summed E-state index contributed by atoms with van der Waals surface area (Å²) in [7, 11) is 1.61. The maximum Gasteiger partial charge on any atom is 0.272 e. The van der Waals surface area contributed by atoms with E-state index in [4.69, 9.17) is 4.74 Å². The Hall–Kier alpha value is -5.19. The molecule has 0 radical (unpaired) electrons. The van der Waals surface area contributed by atoms with Gasteiger partial charge in [0.1, 0.15) is 11.4 Å². The number of carbonyl (C=O) groups excluding carboxylic acids is 3. The zero-order chi connectivity index (χ0) is 33.2. The Balaban J connectivity index is 1.28. The molecule has 5 aromatic rings. The summed E-state index contributed by atoms with van der Waals surface area (Å²) in [5.74, 6) is -0.325. The number of aryl methyl sites for hydroxylation is 1. The van der Waals surface area contributed by atoms with Crippen LogP contribution in [0.3, 0.4) is 0 Å². The minimum atomic E-state index is -0.475. The second-order valence-electron chi connectivity index (χ2n) is 10.5. The molecular weight excluding hydrogens is 629 g/mol. The molecule has 1 aromatic heterocycles. The first-order valence-electron chi connectivity index (χ1n) is 15.0. The number of anilines is 2. The summed E-state index contributed by atoms with van der Waals surface area (Å²) in [5.41, 5.74) is 4.45. The number of methoxy groups -OCH3 is 1. The molecule has 0 saturated heterocycles. The Kier molecular flexibility index (Phi) is 11.2. The first kappa shape index (κ1) is 33.2. The number of thioether (sulfide) groups is 1. The van der Waals surface area contributed by atoms with Crippen molar-refractivity contribution in [3.8, 4) is 17.0 Å². The normalized spacial score (nSPS) is 11.8. The van der Waals surface area contributed by atoms with Crippen LogP contribution in [0.4, 0.5) is 10.8 Å². The molecular formula is C37H34N4O4S2. The van der Waals surface area contributed by atoms with E-state index in [1.165, 1.54) is 23.1 Å². The van der Waals surface area contributed by atoms with Crippen LogP contribution in [0.5, 0.6) is 5.75 Å². The molecule has 10 heteroatoms. The first-order valence-corrected chi connectivity index (χ1v) is 16.7. The lowest BCUT2D eigenvalue weighted by Gasteiger charge is -2.15. The average molecular weight is 663 g/mol. The summed E-state index contributed by atoms with van der Waals surface area (Å²) in [4.78, 5) is 45.2. The number of rotatable bonds is 12. The van der Waals surface area contributed by atoms with Crippen LogP contribution in [0.2, 0.25) is 0 Å². The smallest absolute Gasteiger partial charge is 0.272 e. The molecule has 0 bridgehead atoms. The van der Waals surface area contributed by atoms with Crippen LogP contribution >= 0.6 is 23.1 Å². The zero-order valence-corrected chi connectivity index (χ0v) is 27.8. The van der Waals surface area contributed by atoms with Crippen molar-refractivity contribution < 1.29 is 19.1 Å². The van der Waals surface area contributed by atoms with Crippen molar-refractivity contribution in [2.24, 2.45) is 0 Å². The highest BCUT2D eigenvalue weighted by Crippen LogP contribution is 2.33. The standard InChI is InChI=1S/C37H34N4O4S2/c1-4-33(36(44)41-37-40-31(23-46-37)29-18-8-9-19-32(29)45-3)47-28-17-11-16-27(22-28)38-35(43)30(21-25-13-10-12-24(2)20-25)39-34(42)26-14-6-5-7-15-26/h5-23,33H,4H2,1-3H3,(H,38,43)(H,39,42)(H,40,41,44)/b30-21+. The first-order chi connectivity index (χ1) is 22.8. The molecule has 0 spiro atoms. The van der Waals surface area contributed by atoms with Crippen LogP contribution in [-0.2, 0) is 9.59 Å². The van der Waals surface area contributed by atoms with Crippen LogP contribution in [0.25, 0.3) is 17.3 Å². The van der Waals surface area contributed by atoms with Crippen molar-refractivity contribution in [3.05, 3.63) is 131 Å². The summed E-state index contributed by atoms with van der Waals surface area (Å²) in [6, 6.07) is 31.3. The summed E-state index contributed by atoms with van der Waals surface area (Å²) >= 11 is 2.75. The number of aromatic nitrogens is 1.